The number of nitrogens with two attached hydrogens (primary N) is 1. The first-order valence-corrected chi connectivity index (χ1v) is 14.4. The summed E-state index contributed by atoms with van der Waals surface area (Å²) in [5.74, 6) is -7.18. The van der Waals surface area contributed by atoms with Gasteiger partial charge in [-0.2, -0.15) is 8.78 Å². The molecule has 1 heterocycles. The minimum absolute atomic E-state index is 0.151. The number of aromatic nitrogens is 1. The van der Waals surface area contributed by atoms with Gasteiger partial charge in [-0.3, -0.25) is 29.2 Å². The lowest BCUT2D eigenvalue weighted by Gasteiger charge is -2.33. The van der Waals surface area contributed by atoms with E-state index in [-0.39, 0.29) is 19.4 Å². The van der Waals surface area contributed by atoms with E-state index >= 15 is 8.78 Å². The van der Waals surface area contributed by atoms with Gasteiger partial charge in [0.15, 0.2) is 0 Å². The SMILES string of the molecule is CC(C)[C@@H](C(=O)NC(CC(F)(F)C(=O)CCc1ccccc1)c1ccccc1)N(C(N)=O)C(=O)CN(C)Cc1ccncc1. The van der Waals surface area contributed by atoms with E-state index in [4.69, 9.17) is 5.73 Å². The molecule has 0 bridgehead atoms. The van der Waals surface area contributed by atoms with E-state index in [0.717, 1.165) is 11.1 Å². The summed E-state index contributed by atoms with van der Waals surface area (Å²) in [5, 5.41) is 2.59. The van der Waals surface area contributed by atoms with Gasteiger partial charge in [-0.05, 0) is 48.2 Å². The number of amides is 4. The lowest BCUT2D eigenvalue weighted by Crippen LogP contribution is -2.58. The summed E-state index contributed by atoms with van der Waals surface area (Å²) in [6, 6.07) is 16.7. The molecule has 0 saturated heterocycles. The molecule has 0 aliphatic carbocycles. The van der Waals surface area contributed by atoms with Gasteiger partial charge in [0.25, 0.3) is 0 Å². The Bertz CT molecular complexity index is 1390. The number of ketones is 1. The molecule has 3 aromatic rings. The second-order valence-electron chi connectivity index (χ2n) is 11.1. The maximum atomic E-state index is 15.4. The molecule has 3 N–H and O–H groups in total. The summed E-state index contributed by atoms with van der Waals surface area (Å²) < 4.78 is 30.7. The second kappa shape index (κ2) is 15.8. The molecule has 0 fully saturated rings. The second-order valence-corrected chi connectivity index (χ2v) is 11.1. The minimum Gasteiger partial charge on any atom is -0.351 e. The quantitative estimate of drug-likeness (QED) is 0.262. The van der Waals surface area contributed by atoms with Crippen LogP contribution in [0, 0.1) is 5.92 Å². The molecular formula is C33H39F2N5O4. The van der Waals surface area contributed by atoms with Gasteiger partial charge in [0.1, 0.15) is 6.04 Å². The van der Waals surface area contributed by atoms with E-state index in [9.17, 15) is 19.2 Å². The monoisotopic (exact) mass is 607 g/mol. The maximum Gasteiger partial charge on any atom is 0.322 e. The molecule has 0 radical (unpaired) electrons. The van der Waals surface area contributed by atoms with E-state index in [1.54, 1.807) is 111 Å². The van der Waals surface area contributed by atoms with Crippen molar-refractivity contribution in [3.63, 3.8) is 0 Å². The first-order chi connectivity index (χ1) is 20.9. The first kappa shape index (κ1) is 34.0. The number of benzene rings is 2. The normalized spacial score (nSPS) is 12.9. The number of Topliss-reactive ketones (excluding diaryl/α,β-unsaturated/α-hetero) is 1. The number of alkyl halides is 2. The zero-order valence-electron chi connectivity index (χ0n) is 25.2. The number of hydrogen-bond acceptors (Lipinski definition) is 6. The zero-order valence-corrected chi connectivity index (χ0v) is 25.2. The Kier molecular flexibility index (Phi) is 12.2. The molecule has 234 valence electrons. The van der Waals surface area contributed by atoms with Crippen molar-refractivity contribution >= 4 is 23.6 Å². The highest BCUT2D eigenvalue weighted by Crippen LogP contribution is 2.31. The average Bonchev–Trinajstić information content (AvgIpc) is 2.98. The van der Waals surface area contributed by atoms with Gasteiger partial charge in [0.2, 0.25) is 17.6 Å². The molecule has 1 aromatic heterocycles. The Balaban J connectivity index is 1.79. The third-order valence-corrected chi connectivity index (χ3v) is 7.16. The van der Waals surface area contributed by atoms with E-state index < -0.39 is 54.0 Å². The van der Waals surface area contributed by atoms with Crippen molar-refractivity contribution in [2.24, 2.45) is 11.7 Å². The number of likely N-dealkylation sites (N-methyl/N-ethyl adjacent to an activating group) is 1. The van der Waals surface area contributed by atoms with E-state index in [0.29, 0.717) is 17.0 Å². The van der Waals surface area contributed by atoms with Crippen molar-refractivity contribution in [3.8, 4) is 0 Å². The number of hydrogen-bond donors (Lipinski definition) is 2. The summed E-state index contributed by atoms with van der Waals surface area (Å²) in [6.07, 6.45) is 2.00. The Morgan fingerprint density at radius 3 is 2.07 bits per heavy atom. The molecule has 0 saturated carbocycles. The smallest absolute Gasteiger partial charge is 0.322 e. The fourth-order valence-electron chi connectivity index (χ4n) is 4.95. The van der Waals surface area contributed by atoms with Gasteiger partial charge in [-0.15, -0.1) is 0 Å². The summed E-state index contributed by atoms with van der Waals surface area (Å²) in [5.41, 5.74) is 7.58. The van der Waals surface area contributed by atoms with Crippen LogP contribution in [0.25, 0.3) is 0 Å². The number of pyridine rings is 1. The van der Waals surface area contributed by atoms with Crippen LogP contribution in [0.3, 0.4) is 0 Å². The van der Waals surface area contributed by atoms with Gasteiger partial charge in [0, 0.05) is 31.8 Å². The van der Waals surface area contributed by atoms with Crippen LogP contribution < -0.4 is 11.1 Å². The molecule has 4 amide bonds. The van der Waals surface area contributed by atoms with Crippen LogP contribution in [-0.2, 0) is 27.3 Å². The van der Waals surface area contributed by atoms with Gasteiger partial charge in [-0.1, -0.05) is 74.5 Å². The van der Waals surface area contributed by atoms with Gasteiger partial charge in [-0.25, -0.2) is 4.79 Å². The molecule has 0 aliphatic rings. The topological polar surface area (TPSA) is 126 Å². The highest BCUT2D eigenvalue weighted by molar-refractivity contribution is 6.00. The zero-order chi connectivity index (χ0) is 32.3. The third kappa shape index (κ3) is 9.77. The van der Waals surface area contributed by atoms with Crippen LogP contribution in [0.15, 0.2) is 85.2 Å². The van der Waals surface area contributed by atoms with Crippen molar-refractivity contribution in [2.45, 2.75) is 57.7 Å². The number of halogens is 2. The summed E-state index contributed by atoms with van der Waals surface area (Å²) in [6.45, 7) is 3.36. The van der Waals surface area contributed by atoms with Crippen molar-refractivity contribution < 1.29 is 28.0 Å². The predicted octanol–water partition coefficient (Wildman–Crippen LogP) is 4.53. The van der Waals surface area contributed by atoms with Crippen molar-refractivity contribution in [1.82, 2.24) is 20.1 Å². The number of carbonyl (C=O) groups excluding carboxylic acids is 4. The van der Waals surface area contributed by atoms with Crippen LogP contribution in [0.1, 0.15) is 49.4 Å². The van der Waals surface area contributed by atoms with Gasteiger partial charge >= 0.3 is 12.0 Å². The summed E-state index contributed by atoms with van der Waals surface area (Å²) in [7, 11) is 1.67. The minimum atomic E-state index is -3.76. The number of nitrogens with zero attached hydrogens (tertiary/aromatic N) is 3. The van der Waals surface area contributed by atoms with Gasteiger partial charge in [0.05, 0.1) is 12.6 Å². The highest BCUT2D eigenvalue weighted by Gasteiger charge is 2.43. The predicted molar refractivity (Wildman–Crippen MR) is 162 cm³/mol. The lowest BCUT2D eigenvalue weighted by atomic mass is 9.94. The largest absolute Gasteiger partial charge is 0.351 e. The number of primary amides is 1. The molecule has 2 aromatic carbocycles. The summed E-state index contributed by atoms with van der Waals surface area (Å²) >= 11 is 0. The fourth-order valence-corrected chi connectivity index (χ4v) is 4.95. The van der Waals surface area contributed by atoms with Crippen LogP contribution in [0.5, 0.6) is 0 Å². The Labute approximate surface area is 256 Å². The molecule has 44 heavy (non-hydrogen) atoms. The van der Waals surface area contributed by atoms with E-state index in [2.05, 4.69) is 10.3 Å². The molecule has 9 nitrogen and oxygen atoms in total. The number of imide groups is 1. The Hall–Kier alpha value is -4.51. The summed E-state index contributed by atoms with van der Waals surface area (Å²) in [4.78, 5) is 58.5. The number of urea groups is 1. The third-order valence-electron chi connectivity index (χ3n) is 7.16. The number of aryl methyl sites for hydroxylation is 1. The van der Waals surface area contributed by atoms with E-state index in [1.807, 2.05) is 0 Å². The van der Waals surface area contributed by atoms with Crippen molar-refractivity contribution in [3.05, 3.63) is 102 Å². The maximum absolute atomic E-state index is 15.4. The van der Waals surface area contributed by atoms with Crippen LogP contribution in [-0.4, -0.2) is 64.0 Å². The fraction of sp³-hybridized carbons (Fsp3) is 0.364. The molecular weight excluding hydrogens is 568 g/mol. The van der Waals surface area contributed by atoms with Crippen LogP contribution in [0.2, 0.25) is 0 Å². The highest BCUT2D eigenvalue weighted by atomic mass is 19.3. The Morgan fingerprint density at radius 1 is 0.909 bits per heavy atom. The van der Waals surface area contributed by atoms with Crippen molar-refractivity contribution in [1.29, 1.82) is 0 Å². The van der Waals surface area contributed by atoms with E-state index in [1.165, 1.54) is 0 Å². The van der Waals surface area contributed by atoms with Gasteiger partial charge < -0.3 is 11.1 Å². The molecule has 2 atom stereocenters. The molecule has 3 rings (SSSR count). The standard InChI is InChI=1S/C33H39F2N5O4/c1-23(2)30(40(32(36)44)29(42)22-39(3)21-25-16-18-37-19-17-25)31(43)38-27(26-12-8-5-9-13-26)20-33(34,35)28(41)15-14-24-10-6-4-7-11-24/h4-13,16-19,23,27,30H,14-15,20-22H2,1-3H3,(H2,36,44)(H,38,43)/t27?,30-/m0/s1. The number of carbonyl (C=O) groups is 4. The number of nitrogens with one attached hydrogen (secondary N) is 1. The molecule has 11 heteroatoms. The number of rotatable bonds is 15. The first-order valence-electron chi connectivity index (χ1n) is 14.4. The van der Waals surface area contributed by atoms with Crippen molar-refractivity contribution in [2.75, 3.05) is 13.6 Å². The lowest BCUT2D eigenvalue weighted by molar-refractivity contribution is -0.146. The molecule has 0 aliphatic heterocycles. The molecule has 1 unspecified atom stereocenters. The van der Waals surface area contributed by atoms with Crippen LogP contribution >= 0.6 is 0 Å². The van der Waals surface area contributed by atoms with Crippen LogP contribution in [0.4, 0.5) is 13.6 Å². The average molecular weight is 608 g/mol. The molecule has 0 spiro atoms. The Morgan fingerprint density at radius 2 is 1.50 bits per heavy atom.